The predicted molar refractivity (Wildman–Crippen MR) is 299 cm³/mol. The van der Waals surface area contributed by atoms with Crippen LogP contribution in [-0.2, 0) is 33.8 Å². The Bertz CT molecular complexity index is 2400. The quantitative estimate of drug-likeness (QED) is 0.0201. The van der Waals surface area contributed by atoms with Crippen molar-refractivity contribution in [3.8, 4) is 17.6 Å². The number of methoxy groups -OCH3 is 2. The molecule has 2 aliphatic heterocycles. The highest BCUT2D eigenvalue weighted by atomic mass is 31.2. The molecule has 1 fully saturated rings. The summed E-state index contributed by atoms with van der Waals surface area (Å²) in [7, 11) is 1.75. The fourth-order valence-electron chi connectivity index (χ4n) is 10.2. The average Bonchev–Trinajstić information content (AvgIpc) is 3.96. The molecule has 4 aromatic rings. The van der Waals surface area contributed by atoms with E-state index < -0.39 is 25.9 Å². The number of benzene rings is 4. The first kappa shape index (κ1) is 60.5. The van der Waals surface area contributed by atoms with E-state index in [0.717, 1.165) is 104 Å². The Balaban J connectivity index is 0.978. The predicted octanol–water partition coefficient (Wildman–Crippen LogP) is 12.1. The van der Waals surface area contributed by atoms with Gasteiger partial charge in [0, 0.05) is 38.0 Å². The van der Waals surface area contributed by atoms with Crippen LogP contribution < -0.4 is 14.8 Å². The molecular weight excluding hydrogens is 994 g/mol. The van der Waals surface area contributed by atoms with Gasteiger partial charge in [-0.25, -0.2) is 4.67 Å². The average molecular weight is 1080 g/mol. The molecule has 0 aromatic heterocycles. The highest BCUT2D eigenvalue weighted by molar-refractivity contribution is 7.44. The van der Waals surface area contributed by atoms with Crippen LogP contribution >= 0.6 is 8.53 Å². The van der Waals surface area contributed by atoms with Gasteiger partial charge in [-0.15, -0.1) is 5.06 Å². The van der Waals surface area contributed by atoms with Crippen LogP contribution in [0.15, 0.2) is 103 Å². The molecule has 1 saturated heterocycles. The maximum Gasteiger partial charge on any atom is 0.285 e. The highest BCUT2D eigenvalue weighted by Crippen LogP contribution is 2.49. The van der Waals surface area contributed by atoms with Gasteiger partial charge >= 0.3 is 0 Å². The van der Waals surface area contributed by atoms with Crippen molar-refractivity contribution in [3.63, 3.8) is 0 Å². The molecule has 416 valence electrons. The Labute approximate surface area is 458 Å². The Morgan fingerprint density at radius 2 is 1.21 bits per heavy atom. The van der Waals surface area contributed by atoms with E-state index in [1.165, 1.54) is 0 Å². The molecule has 0 radical (unpaired) electrons. The molecule has 2 aliphatic rings. The summed E-state index contributed by atoms with van der Waals surface area (Å²) in [5, 5.41) is 13.3. The first-order chi connectivity index (χ1) is 37.4. The largest absolute Gasteiger partial charge is 0.497 e. The molecule has 4 aromatic carbocycles. The molecule has 15 nitrogen and oxygen atoms in total. The number of hydroxylamine groups is 2. The number of nitrogens with one attached hydrogen (secondary N) is 1. The molecule has 2 heterocycles. The summed E-state index contributed by atoms with van der Waals surface area (Å²) < 4.78 is 33.9. The number of unbranched alkanes of at least 4 members (excludes halogenated alkanes) is 10. The summed E-state index contributed by atoms with van der Waals surface area (Å²) in [6.07, 6.45) is 12.7. The summed E-state index contributed by atoms with van der Waals surface area (Å²) >= 11 is 0. The third-order valence-corrected chi connectivity index (χ3v) is 16.4. The van der Waals surface area contributed by atoms with Gasteiger partial charge in [0.25, 0.3) is 20.3 Å². The minimum atomic E-state index is -1.55. The van der Waals surface area contributed by atoms with Gasteiger partial charge in [0.1, 0.15) is 17.1 Å². The van der Waals surface area contributed by atoms with E-state index in [1.807, 2.05) is 71.6 Å². The van der Waals surface area contributed by atoms with Gasteiger partial charge in [0.2, 0.25) is 11.8 Å². The number of nitrogens with zero attached hydrogens (tertiary/aromatic N) is 4. The van der Waals surface area contributed by atoms with Gasteiger partial charge in [0.05, 0.1) is 69.8 Å². The zero-order valence-corrected chi connectivity index (χ0v) is 47.2. The summed E-state index contributed by atoms with van der Waals surface area (Å²) in [4.78, 5) is 59.5. The van der Waals surface area contributed by atoms with Gasteiger partial charge in [-0.2, -0.15) is 5.26 Å². The van der Waals surface area contributed by atoms with Gasteiger partial charge in [-0.3, -0.25) is 24.0 Å². The second-order valence-corrected chi connectivity index (χ2v) is 21.8. The van der Waals surface area contributed by atoms with Crippen LogP contribution in [-0.4, -0.2) is 110 Å². The molecule has 77 heavy (non-hydrogen) atoms. The lowest BCUT2D eigenvalue weighted by Gasteiger charge is -2.38. The molecule has 3 unspecified atom stereocenters. The number of carbonyl (C=O) groups excluding carboxylic acids is 4. The van der Waals surface area contributed by atoms with E-state index in [1.54, 1.807) is 38.5 Å². The molecule has 6 rings (SSSR count). The monoisotopic (exact) mass is 1080 g/mol. The topological polar surface area (TPSA) is 169 Å². The van der Waals surface area contributed by atoms with Gasteiger partial charge in [-0.05, 0) is 113 Å². The molecular formula is C61H82N5O10P. The Morgan fingerprint density at radius 3 is 1.77 bits per heavy atom. The lowest BCUT2D eigenvalue weighted by Crippen LogP contribution is -2.42. The second kappa shape index (κ2) is 31.6. The summed E-state index contributed by atoms with van der Waals surface area (Å²) in [6, 6.07) is 34.9. The number of imide groups is 1. The molecule has 4 amide bonds. The Hall–Kier alpha value is -5.72. The van der Waals surface area contributed by atoms with Crippen LogP contribution in [0.2, 0.25) is 0 Å². The van der Waals surface area contributed by atoms with Crippen LogP contribution in [0.25, 0.3) is 0 Å². The van der Waals surface area contributed by atoms with Crippen LogP contribution in [0.5, 0.6) is 11.5 Å². The highest BCUT2D eigenvalue weighted by Gasteiger charge is 2.44. The van der Waals surface area contributed by atoms with E-state index in [2.05, 4.69) is 55.9 Å². The first-order valence-corrected chi connectivity index (χ1v) is 28.9. The fourth-order valence-corrected chi connectivity index (χ4v) is 11.9. The fraction of sp³-hybridized carbons (Fsp3) is 0.525. The number of nitriles is 1. The van der Waals surface area contributed by atoms with Gasteiger partial charge < -0.3 is 33.5 Å². The lowest BCUT2D eigenvalue weighted by atomic mass is 9.80. The SMILES string of the molecule is COc1ccc(C(OCC2CC(OP(OCCC#N)N(C(C)C)C(C)C)CN2C(=O)CCCCCNC(=O)CCCCCCCCCCCON2C(=O)c3ccccc3C2=O)(c2ccccc2)c2ccc(OC)cc2)cc1. The van der Waals surface area contributed by atoms with Crippen LogP contribution in [0.3, 0.4) is 0 Å². The van der Waals surface area contributed by atoms with Crippen molar-refractivity contribution < 1.29 is 47.3 Å². The third-order valence-electron chi connectivity index (χ3n) is 14.2. The smallest absolute Gasteiger partial charge is 0.285 e. The number of hydrogen-bond donors (Lipinski definition) is 1. The third kappa shape index (κ3) is 17.1. The summed E-state index contributed by atoms with van der Waals surface area (Å²) in [5.74, 6) is 0.748. The van der Waals surface area contributed by atoms with E-state index in [4.69, 9.17) is 28.1 Å². The second-order valence-electron chi connectivity index (χ2n) is 20.4. The molecule has 0 spiro atoms. The molecule has 0 aliphatic carbocycles. The van der Waals surface area contributed by atoms with Crippen molar-refractivity contribution in [3.05, 3.63) is 131 Å². The molecule has 1 N–H and O–H groups in total. The van der Waals surface area contributed by atoms with Crippen molar-refractivity contribution >= 4 is 32.2 Å². The normalized spacial score (nSPS) is 15.8. The van der Waals surface area contributed by atoms with Crippen LogP contribution in [0.1, 0.15) is 168 Å². The van der Waals surface area contributed by atoms with E-state index >= 15 is 0 Å². The van der Waals surface area contributed by atoms with E-state index in [9.17, 15) is 24.4 Å². The van der Waals surface area contributed by atoms with Crippen molar-refractivity contribution in [2.75, 3.05) is 47.1 Å². The van der Waals surface area contributed by atoms with Crippen molar-refractivity contribution in [2.45, 2.75) is 160 Å². The first-order valence-electron chi connectivity index (χ1n) is 27.8. The number of likely N-dealkylation sites (tertiary alicyclic amines) is 1. The van der Waals surface area contributed by atoms with E-state index in [-0.39, 0.29) is 55.7 Å². The molecule has 0 saturated carbocycles. The maximum atomic E-state index is 14.5. The van der Waals surface area contributed by atoms with Crippen molar-refractivity contribution in [1.82, 2.24) is 20.0 Å². The number of rotatable bonds is 35. The minimum Gasteiger partial charge on any atom is -0.497 e. The Kier molecular flexibility index (Phi) is 24.9. The number of hydrogen-bond acceptors (Lipinski definition) is 12. The van der Waals surface area contributed by atoms with Crippen molar-refractivity contribution in [1.29, 1.82) is 5.26 Å². The van der Waals surface area contributed by atoms with E-state index in [0.29, 0.717) is 56.5 Å². The molecule has 3 atom stereocenters. The minimum absolute atomic E-state index is 0.0270. The van der Waals surface area contributed by atoms with Gasteiger partial charge in [-0.1, -0.05) is 118 Å². The number of amides is 4. The lowest BCUT2D eigenvalue weighted by molar-refractivity contribution is -0.134. The maximum absolute atomic E-state index is 14.5. The van der Waals surface area contributed by atoms with Crippen LogP contribution in [0.4, 0.5) is 0 Å². The molecule has 0 bridgehead atoms. The van der Waals surface area contributed by atoms with Gasteiger partial charge in [0.15, 0.2) is 0 Å². The standard InChI is InChI=1S/C61H82N5O10P/c1-46(2)66(47(3)4)77(75-42-24-39-62)76-54-43-51(45-73-61(48-25-16-14-17-26-48,49-31-35-52(71-5)36-32-49)50-33-37-53(72-6)38-34-50)64(44-54)58(68)30-19-15-22-40-63-57(67)29-18-12-10-8-7-9-11-13-23-41-74-65-59(69)55-27-20-21-28-56(55)60(65)70/h14,16-17,20-21,25-28,31-38,46-47,51,54H,7-13,15,18-19,22-24,29-30,40-45H2,1-6H3,(H,63,67). The Morgan fingerprint density at radius 1 is 0.688 bits per heavy atom. The summed E-state index contributed by atoms with van der Waals surface area (Å²) in [5.41, 5.74) is 2.43. The summed E-state index contributed by atoms with van der Waals surface area (Å²) in [6.45, 7) is 10.2. The number of fused-ring (bicyclic) bond motifs is 1. The zero-order valence-electron chi connectivity index (χ0n) is 46.3. The number of carbonyl (C=O) groups is 4. The molecule has 16 heteroatoms. The zero-order chi connectivity index (χ0) is 55.0. The van der Waals surface area contributed by atoms with Crippen LogP contribution in [0, 0.1) is 11.3 Å². The van der Waals surface area contributed by atoms with Crippen molar-refractivity contribution in [2.24, 2.45) is 0 Å². The number of ether oxygens (including phenoxy) is 3.